The van der Waals surface area contributed by atoms with Crippen molar-refractivity contribution in [2.75, 3.05) is 32.1 Å². The zero-order chi connectivity index (χ0) is 15.0. The maximum Gasteiger partial charge on any atom is 0.218 e. The molecule has 0 spiro atoms. The smallest absolute Gasteiger partial charge is 0.218 e. The van der Waals surface area contributed by atoms with Crippen LogP contribution >= 0.6 is 0 Å². The predicted octanol–water partition coefficient (Wildman–Crippen LogP) is 2.72. The second-order valence-corrected chi connectivity index (χ2v) is 5.28. The Kier molecular flexibility index (Phi) is 7.30. The van der Waals surface area contributed by atoms with Gasteiger partial charge in [0.05, 0.1) is 6.61 Å². The highest BCUT2D eigenvalue weighted by atomic mass is 16.5. The van der Waals surface area contributed by atoms with Gasteiger partial charge in [-0.05, 0) is 54.1 Å². The zero-order valence-electron chi connectivity index (χ0n) is 13.4. The monoisotopic (exact) mass is 280 g/mol. The quantitative estimate of drug-likeness (QED) is 0.705. The van der Waals surface area contributed by atoms with E-state index in [1.807, 2.05) is 19.9 Å². The van der Waals surface area contributed by atoms with Gasteiger partial charge < -0.3 is 15.0 Å². The Morgan fingerprint density at radius 1 is 1.30 bits per heavy atom. The molecule has 5 nitrogen and oxygen atoms in total. The lowest BCUT2D eigenvalue weighted by molar-refractivity contribution is 0.269. The summed E-state index contributed by atoms with van der Waals surface area (Å²) in [5.74, 6) is 2.22. The number of aryl methyl sites for hydroxylation is 1. The van der Waals surface area contributed by atoms with Crippen LogP contribution in [0.25, 0.3) is 0 Å². The van der Waals surface area contributed by atoms with Crippen LogP contribution in [0, 0.1) is 6.92 Å². The zero-order valence-corrected chi connectivity index (χ0v) is 13.4. The molecule has 0 bridgehead atoms. The molecule has 0 radical (unpaired) electrons. The third kappa shape index (κ3) is 6.19. The molecule has 0 aliphatic heterocycles. The first-order valence-electron chi connectivity index (χ1n) is 7.45. The van der Waals surface area contributed by atoms with E-state index in [1.165, 1.54) is 6.42 Å². The van der Waals surface area contributed by atoms with Gasteiger partial charge in [0.1, 0.15) is 11.6 Å². The first-order valence-corrected chi connectivity index (χ1v) is 7.45. The highest BCUT2D eigenvalue weighted by Gasteiger charge is 2.03. The van der Waals surface area contributed by atoms with Crippen molar-refractivity contribution < 1.29 is 4.74 Å². The average Bonchev–Trinajstić information content (AvgIpc) is 2.37. The highest BCUT2D eigenvalue weighted by molar-refractivity contribution is 5.38. The summed E-state index contributed by atoms with van der Waals surface area (Å²) in [5.41, 5.74) is 0. The van der Waals surface area contributed by atoms with E-state index in [9.17, 15) is 0 Å². The largest absolute Gasteiger partial charge is 0.478 e. The number of ether oxygens (including phenoxy) is 1. The van der Waals surface area contributed by atoms with Gasteiger partial charge >= 0.3 is 0 Å². The van der Waals surface area contributed by atoms with E-state index < -0.39 is 0 Å². The second-order valence-electron chi connectivity index (χ2n) is 5.28. The van der Waals surface area contributed by atoms with Crippen molar-refractivity contribution in [2.24, 2.45) is 0 Å². The topological polar surface area (TPSA) is 50.3 Å². The minimum absolute atomic E-state index is 0.612. The van der Waals surface area contributed by atoms with E-state index in [2.05, 4.69) is 41.1 Å². The summed E-state index contributed by atoms with van der Waals surface area (Å²) in [7, 11) is 2.17. The van der Waals surface area contributed by atoms with E-state index >= 15 is 0 Å². The van der Waals surface area contributed by atoms with Crippen LogP contribution in [0.5, 0.6) is 5.88 Å². The molecular formula is C15H28N4O. The molecule has 0 saturated carbocycles. The molecule has 20 heavy (non-hydrogen) atoms. The Labute approximate surface area is 122 Å². The molecule has 0 amide bonds. The SMILES string of the molecule is CCOc1cc(NCCCCN(C)C(C)C)nc(C)n1. The summed E-state index contributed by atoms with van der Waals surface area (Å²) in [6, 6.07) is 2.47. The van der Waals surface area contributed by atoms with Crippen LogP contribution in [0.4, 0.5) is 5.82 Å². The molecule has 1 heterocycles. The predicted molar refractivity (Wildman–Crippen MR) is 83.4 cm³/mol. The second kappa shape index (κ2) is 8.74. The molecule has 1 rings (SSSR count). The summed E-state index contributed by atoms with van der Waals surface area (Å²) >= 11 is 0. The van der Waals surface area contributed by atoms with Crippen molar-refractivity contribution in [2.45, 2.75) is 46.6 Å². The van der Waals surface area contributed by atoms with Crippen LogP contribution in [0.1, 0.15) is 39.4 Å². The van der Waals surface area contributed by atoms with Gasteiger partial charge in [-0.25, -0.2) is 4.98 Å². The summed E-state index contributed by atoms with van der Waals surface area (Å²) in [6.07, 6.45) is 2.31. The molecule has 0 aliphatic carbocycles. The maximum atomic E-state index is 5.41. The van der Waals surface area contributed by atoms with Crippen LogP contribution in [-0.4, -0.2) is 47.7 Å². The number of hydrogen-bond acceptors (Lipinski definition) is 5. The molecule has 0 aliphatic rings. The van der Waals surface area contributed by atoms with Gasteiger partial charge in [-0.1, -0.05) is 0 Å². The van der Waals surface area contributed by atoms with Crippen LogP contribution in [-0.2, 0) is 0 Å². The number of nitrogens with one attached hydrogen (secondary N) is 1. The fraction of sp³-hybridized carbons (Fsp3) is 0.733. The van der Waals surface area contributed by atoms with Crippen molar-refractivity contribution in [3.05, 3.63) is 11.9 Å². The fourth-order valence-electron chi connectivity index (χ4n) is 1.81. The normalized spacial score (nSPS) is 11.2. The Hall–Kier alpha value is -1.36. The number of nitrogens with zero attached hydrogens (tertiary/aromatic N) is 3. The Morgan fingerprint density at radius 2 is 2.05 bits per heavy atom. The third-order valence-electron chi connectivity index (χ3n) is 3.23. The van der Waals surface area contributed by atoms with Crippen LogP contribution in [0.15, 0.2) is 6.07 Å². The van der Waals surface area contributed by atoms with Gasteiger partial charge in [0.2, 0.25) is 5.88 Å². The molecule has 0 atom stereocenters. The highest BCUT2D eigenvalue weighted by Crippen LogP contribution is 2.13. The van der Waals surface area contributed by atoms with E-state index in [-0.39, 0.29) is 0 Å². The number of hydrogen-bond donors (Lipinski definition) is 1. The van der Waals surface area contributed by atoms with Crippen LogP contribution < -0.4 is 10.1 Å². The number of unbranched alkanes of at least 4 members (excludes halogenated alkanes) is 1. The van der Waals surface area contributed by atoms with Crippen molar-refractivity contribution in [1.82, 2.24) is 14.9 Å². The molecule has 1 N–H and O–H groups in total. The average molecular weight is 280 g/mol. The minimum Gasteiger partial charge on any atom is -0.478 e. The van der Waals surface area contributed by atoms with Crippen LogP contribution in [0.2, 0.25) is 0 Å². The lowest BCUT2D eigenvalue weighted by Gasteiger charge is -2.20. The Morgan fingerprint density at radius 3 is 2.70 bits per heavy atom. The molecule has 0 unspecified atom stereocenters. The summed E-state index contributed by atoms with van der Waals surface area (Å²) in [5, 5.41) is 3.34. The van der Waals surface area contributed by atoms with E-state index in [0.29, 0.717) is 18.5 Å². The Balaban J connectivity index is 2.31. The van der Waals surface area contributed by atoms with Gasteiger partial charge in [0.25, 0.3) is 0 Å². The summed E-state index contributed by atoms with van der Waals surface area (Å²) in [4.78, 5) is 11.0. The number of anilines is 1. The van der Waals surface area contributed by atoms with Crippen molar-refractivity contribution in [3.8, 4) is 5.88 Å². The van der Waals surface area contributed by atoms with E-state index in [4.69, 9.17) is 4.74 Å². The van der Waals surface area contributed by atoms with Crippen LogP contribution in [0.3, 0.4) is 0 Å². The third-order valence-corrected chi connectivity index (χ3v) is 3.23. The Bertz CT molecular complexity index is 395. The van der Waals surface area contributed by atoms with Gasteiger partial charge in [-0.2, -0.15) is 4.98 Å². The molecular weight excluding hydrogens is 252 g/mol. The van der Waals surface area contributed by atoms with Gasteiger partial charge in [0, 0.05) is 18.7 Å². The molecule has 0 saturated heterocycles. The maximum absolute atomic E-state index is 5.41. The molecule has 0 aromatic carbocycles. The number of aromatic nitrogens is 2. The fourth-order valence-corrected chi connectivity index (χ4v) is 1.81. The first-order chi connectivity index (χ1) is 9.52. The molecule has 1 aromatic rings. The van der Waals surface area contributed by atoms with Crippen molar-refractivity contribution >= 4 is 5.82 Å². The lowest BCUT2D eigenvalue weighted by atomic mass is 10.2. The van der Waals surface area contributed by atoms with E-state index in [1.54, 1.807) is 0 Å². The molecule has 0 fully saturated rings. The first kappa shape index (κ1) is 16.7. The van der Waals surface area contributed by atoms with Gasteiger partial charge in [0.15, 0.2) is 0 Å². The minimum atomic E-state index is 0.612. The molecule has 114 valence electrons. The molecule has 5 heteroatoms. The van der Waals surface area contributed by atoms with Gasteiger partial charge in [-0.15, -0.1) is 0 Å². The molecule has 1 aromatic heterocycles. The standard InChI is InChI=1S/C15H28N4O/c1-6-20-15-11-14(17-13(4)18-15)16-9-7-8-10-19(5)12(2)3/h11-12H,6-10H2,1-5H3,(H,16,17,18). The number of rotatable bonds is 9. The van der Waals surface area contributed by atoms with Crippen molar-refractivity contribution in [3.63, 3.8) is 0 Å². The van der Waals surface area contributed by atoms with E-state index in [0.717, 1.165) is 31.2 Å². The summed E-state index contributed by atoms with van der Waals surface area (Å²) in [6.45, 7) is 11.0. The summed E-state index contributed by atoms with van der Waals surface area (Å²) < 4.78 is 5.41. The lowest BCUT2D eigenvalue weighted by Crippen LogP contribution is -2.27. The van der Waals surface area contributed by atoms with Crippen molar-refractivity contribution in [1.29, 1.82) is 0 Å². The van der Waals surface area contributed by atoms with Gasteiger partial charge in [-0.3, -0.25) is 0 Å².